The standard InChI is InChI=1S/C6H6ClNO/c1-9-6-4-5(7)2-3-8-6/h2-4H,1H3/i1D3. The summed E-state index contributed by atoms with van der Waals surface area (Å²) < 4.78 is 24.8. The highest BCUT2D eigenvalue weighted by atomic mass is 35.5. The summed E-state index contributed by atoms with van der Waals surface area (Å²) in [6.07, 6.45) is 1.38. The van der Waals surface area contributed by atoms with Crippen molar-refractivity contribution in [1.29, 1.82) is 0 Å². The van der Waals surface area contributed by atoms with E-state index in [4.69, 9.17) is 15.7 Å². The molecule has 0 unspecified atom stereocenters. The van der Waals surface area contributed by atoms with Crippen LogP contribution in [-0.4, -0.2) is 12.0 Å². The third-order valence-corrected chi connectivity index (χ3v) is 1.04. The molecular weight excluding hydrogens is 138 g/mol. The highest BCUT2D eigenvalue weighted by Crippen LogP contribution is 2.12. The van der Waals surface area contributed by atoms with E-state index in [-0.39, 0.29) is 5.88 Å². The Bertz CT molecular complexity index is 276. The van der Waals surface area contributed by atoms with Crippen LogP contribution in [0.15, 0.2) is 18.3 Å². The van der Waals surface area contributed by atoms with Gasteiger partial charge in [0.1, 0.15) is 0 Å². The second-order valence-electron chi connectivity index (χ2n) is 1.41. The van der Waals surface area contributed by atoms with Gasteiger partial charge >= 0.3 is 0 Å². The molecule has 0 spiro atoms. The Kier molecular flexibility index (Phi) is 1.02. The Morgan fingerprint density at radius 1 is 1.89 bits per heavy atom. The Morgan fingerprint density at radius 3 is 3.44 bits per heavy atom. The quantitative estimate of drug-likeness (QED) is 0.602. The molecule has 0 aromatic carbocycles. The van der Waals surface area contributed by atoms with Crippen LogP contribution in [-0.2, 0) is 0 Å². The minimum absolute atomic E-state index is 0.00231. The molecule has 0 atom stereocenters. The highest BCUT2D eigenvalue weighted by molar-refractivity contribution is 6.30. The zero-order valence-electron chi connectivity index (χ0n) is 7.47. The van der Waals surface area contributed by atoms with Crippen LogP contribution in [0.4, 0.5) is 0 Å². The first-order chi connectivity index (χ1) is 5.47. The maximum absolute atomic E-state index is 6.77. The summed E-state index contributed by atoms with van der Waals surface area (Å²) in [6.45, 7) is 0. The number of ether oxygens (including phenoxy) is 1. The first-order valence-corrected chi connectivity index (χ1v) is 2.66. The summed E-state index contributed by atoms with van der Waals surface area (Å²) in [5.41, 5.74) is 0. The summed E-state index contributed by atoms with van der Waals surface area (Å²) in [5, 5.41) is 0.393. The lowest BCUT2D eigenvalue weighted by Crippen LogP contribution is -1.84. The van der Waals surface area contributed by atoms with E-state index in [9.17, 15) is 0 Å². The Hall–Kier alpha value is -0.760. The van der Waals surface area contributed by atoms with Crippen LogP contribution < -0.4 is 4.74 Å². The molecule has 3 heteroatoms. The van der Waals surface area contributed by atoms with Crippen LogP contribution in [0.25, 0.3) is 0 Å². The molecule has 1 aromatic rings. The van der Waals surface area contributed by atoms with Crippen molar-refractivity contribution < 1.29 is 8.85 Å². The summed E-state index contributed by atoms with van der Waals surface area (Å²) in [6, 6.07) is 2.88. The third kappa shape index (κ3) is 1.57. The fraction of sp³-hybridized carbons (Fsp3) is 0.167. The topological polar surface area (TPSA) is 22.1 Å². The molecule has 0 bridgehead atoms. The van der Waals surface area contributed by atoms with Gasteiger partial charge in [-0.3, -0.25) is 0 Å². The van der Waals surface area contributed by atoms with Gasteiger partial charge in [0, 0.05) is 17.3 Å². The minimum atomic E-state index is -2.47. The van der Waals surface area contributed by atoms with Crippen molar-refractivity contribution in [3.63, 3.8) is 0 Å². The molecule has 0 saturated heterocycles. The van der Waals surface area contributed by atoms with E-state index in [0.29, 0.717) is 5.02 Å². The number of rotatable bonds is 1. The number of nitrogens with zero attached hydrogens (tertiary/aromatic N) is 1. The van der Waals surface area contributed by atoms with Crippen molar-refractivity contribution in [3.05, 3.63) is 23.4 Å². The summed E-state index contributed by atoms with van der Waals surface area (Å²) in [7, 11) is -2.47. The fourth-order valence-corrected chi connectivity index (χ4v) is 0.591. The summed E-state index contributed by atoms with van der Waals surface area (Å²) >= 11 is 5.57. The van der Waals surface area contributed by atoms with E-state index in [0.717, 1.165) is 0 Å². The molecule has 0 radical (unpaired) electrons. The zero-order valence-corrected chi connectivity index (χ0v) is 5.22. The molecule has 2 nitrogen and oxygen atoms in total. The van der Waals surface area contributed by atoms with Gasteiger partial charge in [-0.15, -0.1) is 0 Å². The summed E-state index contributed by atoms with van der Waals surface area (Å²) in [4.78, 5) is 3.66. The number of halogens is 1. The molecule has 1 aromatic heterocycles. The monoisotopic (exact) mass is 146 g/mol. The number of pyridine rings is 1. The number of hydrogen-bond donors (Lipinski definition) is 0. The van der Waals surface area contributed by atoms with Gasteiger partial charge in [-0.2, -0.15) is 0 Å². The molecule has 0 aliphatic heterocycles. The molecule has 9 heavy (non-hydrogen) atoms. The molecule has 1 heterocycles. The maximum atomic E-state index is 6.77. The van der Waals surface area contributed by atoms with Crippen molar-refractivity contribution in [2.45, 2.75) is 0 Å². The van der Waals surface area contributed by atoms with E-state index < -0.39 is 7.04 Å². The minimum Gasteiger partial charge on any atom is -0.481 e. The Labute approximate surface area is 62.6 Å². The summed E-state index contributed by atoms with van der Waals surface area (Å²) in [5.74, 6) is 0.00231. The van der Waals surface area contributed by atoms with Crippen molar-refractivity contribution in [2.75, 3.05) is 7.04 Å². The van der Waals surface area contributed by atoms with Gasteiger partial charge in [0.05, 0.1) is 11.2 Å². The van der Waals surface area contributed by atoms with E-state index in [1.807, 2.05) is 0 Å². The fourth-order valence-electron chi connectivity index (χ4n) is 0.441. The number of methoxy groups -OCH3 is 1. The van der Waals surface area contributed by atoms with Crippen LogP contribution in [0, 0.1) is 0 Å². The first kappa shape index (κ1) is 3.42. The molecule has 0 aliphatic carbocycles. The van der Waals surface area contributed by atoms with E-state index in [1.54, 1.807) is 0 Å². The second-order valence-corrected chi connectivity index (χ2v) is 1.85. The largest absolute Gasteiger partial charge is 0.481 e. The number of hydrogen-bond acceptors (Lipinski definition) is 2. The Morgan fingerprint density at radius 2 is 2.78 bits per heavy atom. The average Bonchev–Trinajstić information content (AvgIpc) is 1.82. The molecule has 0 amide bonds. The van der Waals surface area contributed by atoms with Gasteiger partial charge in [-0.1, -0.05) is 11.6 Å². The van der Waals surface area contributed by atoms with Gasteiger partial charge < -0.3 is 4.74 Å². The van der Waals surface area contributed by atoms with Gasteiger partial charge in [0.15, 0.2) is 0 Å². The lowest BCUT2D eigenvalue weighted by atomic mass is 10.5. The van der Waals surface area contributed by atoms with Crippen molar-refractivity contribution >= 4 is 11.6 Å². The van der Waals surface area contributed by atoms with Crippen molar-refractivity contribution in [3.8, 4) is 5.88 Å². The van der Waals surface area contributed by atoms with Gasteiger partial charge in [0.25, 0.3) is 0 Å². The molecule has 0 N–H and O–H groups in total. The highest BCUT2D eigenvalue weighted by Gasteiger charge is 1.90. The van der Waals surface area contributed by atoms with E-state index in [2.05, 4.69) is 9.72 Å². The molecule has 0 aliphatic rings. The molecular formula is C6H6ClNO. The van der Waals surface area contributed by atoms with Gasteiger partial charge in [0.2, 0.25) is 5.88 Å². The van der Waals surface area contributed by atoms with E-state index >= 15 is 0 Å². The van der Waals surface area contributed by atoms with Crippen LogP contribution in [0.2, 0.25) is 5.02 Å². The predicted molar refractivity (Wildman–Crippen MR) is 35.8 cm³/mol. The van der Waals surface area contributed by atoms with Gasteiger partial charge in [-0.25, -0.2) is 4.98 Å². The molecule has 0 saturated carbocycles. The van der Waals surface area contributed by atoms with Gasteiger partial charge in [-0.05, 0) is 6.07 Å². The molecule has 1 rings (SSSR count). The van der Waals surface area contributed by atoms with E-state index in [1.165, 1.54) is 18.3 Å². The van der Waals surface area contributed by atoms with Crippen LogP contribution in [0.3, 0.4) is 0 Å². The first-order valence-electron chi connectivity index (χ1n) is 3.78. The predicted octanol–water partition coefficient (Wildman–Crippen LogP) is 1.74. The van der Waals surface area contributed by atoms with Crippen LogP contribution in [0.5, 0.6) is 5.88 Å². The number of aromatic nitrogens is 1. The van der Waals surface area contributed by atoms with Crippen LogP contribution in [0.1, 0.15) is 4.11 Å². The lowest BCUT2D eigenvalue weighted by molar-refractivity contribution is 0.398. The average molecular weight is 147 g/mol. The second kappa shape index (κ2) is 2.69. The molecule has 0 fully saturated rings. The zero-order chi connectivity index (χ0) is 9.19. The van der Waals surface area contributed by atoms with Crippen molar-refractivity contribution in [1.82, 2.24) is 4.98 Å². The van der Waals surface area contributed by atoms with Crippen molar-refractivity contribution in [2.24, 2.45) is 0 Å². The smallest absolute Gasteiger partial charge is 0.214 e. The normalized spacial score (nSPS) is 15.4. The SMILES string of the molecule is [2H]C([2H])([2H])Oc1cc(Cl)ccn1. The van der Waals surface area contributed by atoms with Crippen LogP contribution >= 0.6 is 11.6 Å². The molecule has 48 valence electrons. The lowest BCUT2D eigenvalue weighted by Gasteiger charge is -1.95. The Balaban J connectivity index is 2.77. The maximum Gasteiger partial charge on any atom is 0.214 e. The third-order valence-electron chi connectivity index (χ3n) is 0.801.